The van der Waals surface area contributed by atoms with Crippen LogP contribution in [0.3, 0.4) is 0 Å². The molecule has 0 bridgehead atoms. The Labute approximate surface area is 177 Å². The minimum Gasteiger partial charge on any atom is -0.495 e. The standard InChI is InChI=1S/C16H15I2NO5S/c1-4-24-15(21)8(2)19-14(20)12(25-16(19)22)7-9-5-10(17)13(23-3)11(18)6-9/h5-8H,4H2,1-3H3/b12-7+/t8-/m0/s1. The largest absolute Gasteiger partial charge is 0.495 e. The first-order valence-corrected chi connectivity index (χ1v) is 10.2. The predicted octanol–water partition coefficient (Wildman–Crippen LogP) is 3.89. The van der Waals surface area contributed by atoms with Gasteiger partial charge in [-0.2, -0.15) is 0 Å². The molecule has 0 aromatic heterocycles. The molecular weight excluding hydrogens is 572 g/mol. The van der Waals surface area contributed by atoms with Crippen LogP contribution in [0.25, 0.3) is 6.08 Å². The van der Waals surface area contributed by atoms with Gasteiger partial charge < -0.3 is 9.47 Å². The van der Waals surface area contributed by atoms with Crippen molar-refractivity contribution in [2.75, 3.05) is 13.7 Å². The number of amides is 2. The molecule has 1 aliphatic heterocycles. The Morgan fingerprint density at radius 2 is 1.92 bits per heavy atom. The van der Waals surface area contributed by atoms with Gasteiger partial charge in [0.05, 0.1) is 25.8 Å². The average Bonchev–Trinajstić information content (AvgIpc) is 2.80. The van der Waals surface area contributed by atoms with Crippen molar-refractivity contribution in [1.82, 2.24) is 4.90 Å². The Morgan fingerprint density at radius 3 is 2.44 bits per heavy atom. The van der Waals surface area contributed by atoms with Crippen molar-refractivity contribution in [3.05, 3.63) is 29.7 Å². The first-order chi connectivity index (χ1) is 11.8. The van der Waals surface area contributed by atoms with Crippen LogP contribution in [0.1, 0.15) is 19.4 Å². The summed E-state index contributed by atoms with van der Waals surface area (Å²) >= 11 is 5.12. The van der Waals surface area contributed by atoms with Gasteiger partial charge in [-0.3, -0.25) is 14.5 Å². The number of halogens is 2. The number of hydrogen-bond donors (Lipinski definition) is 0. The Bertz CT molecular complexity index is 742. The number of imide groups is 1. The SMILES string of the molecule is CCOC(=O)[C@H](C)N1C(=O)S/C(=C/c2cc(I)c(OC)c(I)c2)C1=O. The summed E-state index contributed by atoms with van der Waals surface area (Å²) in [7, 11) is 1.60. The Kier molecular flexibility index (Phi) is 7.14. The van der Waals surface area contributed by atoms with Crippen LogP contribution in [0.15, 0.2) is 17.0 Å². The number of nitrogens with zero attached hydrogens (tertiary/aromatic N) is 1. The molecule has 134 valence electrons. The molecule has 2 rings (SSSR count). The third kappa shape index (κ3) is 4.48. The number of thioether (sulfide) groups is 1. The second-order valence-corrected chi connectivity index (χ2v) is 8.32. The van der Waals surface area contributed by atoms with Gasteiger partial charge in [0.2, 0.25) is 0 Å². The molecule has 0 N–H and O–H groups in total. The van der Waals surface area contributed by atoms with E-state index in [9.17, 15) is 14.4 Å². The van der Waals surface area contributed by atoms with Crippen LogP contribution in [0.4, 0.5) is 4.79 Å². The molecule has 2 amide bonds. The fourth-order valence-electron chi connectivity index (χ4n) is 2.19. The molecule has 1 saturated heterocycles. The van der Waals surface area contributed by atoms with Crippen molar-refractivity contribution >= 4 is 80.1 Å². The number of benzene rings is 1. The van der Waals surface area contributed by atoms with Gasteiger partial charge in [0.15, 0.2) is 0 Å². The van der Waals surface area contributed by atoms with Crippen molar-refractivity contribution in [2.45, 2.75) is 19.9 Å². The fraction of sp³-hybridized carbons (Fsp3) is 0.312. The lowest BCUT2D eigenvalue weighted by Gasteiger charge is -2.19. The second-order valence-electron chi connectivity index (χ2n) is 5.00. The molecule has 1 aliphatic rings. The molecule has 1 aromatic carbocycles. The van der Waals surface area contributed by atoms with E-state index in [-0.39, 0.29) is 11.5 Å². The molecule has 0 radical (unpaired) electrons. The molecule has 0 saturated carbocycles. The van der Waals surface area contributed by atoms with Gasteiger partial charge in [-0.15, -0.1) is 0 Å². The minimum atomic E-state index is -0.950. The fourth-order valence-corrected chi connectivity index (χ4v) is 5.36. The predicted molar refractivity (Wildman–Crippen MR) is 112 cm³/mol. The number of methoxy groups -OCH3 is 1. The van der Waals surface area contributed by atoms with Gasteiger partial charge >= 0.3 is 5.97 Å². The summed E-state index contributed by atoms with van der Waals surface area (Å²) in [5, 5.41) is -0.477. The Balaban J connectivity index is 2.30. The zero-order valence-corrected chi connectivity index (χ0v) is 18.8. The highest BCUT2D eigenvalue weighted by Gasteiger charge is 2.41. The van der Waals surface area contributed by atoms with Gasteiger partial charge in [0, 0.05) is 0 Å². The summed E-state index contributed by atoms with van der Waals surface area (Å²) in [5.74, 6) is -0.321. The summed E-state index contributed by atoms with van der Waals surface area (Å²) in [6, 6.07) is 2.78. The maximum absolute atomic E-state index is 12.5. The van der Waals surface area contributed by atoms with E-state index in [1.807, 2.05) is 12.1 Å². The molecule has 1 atom stereocenters. The van der Waals surface area contributed by atoms with Crippen LogP contribution >= 0.6 is 56.9 Å². The van der Waals surface area contributed by atoms with E-state index in [4.69, 9.17) is 9.47 Å². The molecule has 0 aliphatic carbocycles. The normalized spacial score (nSPS) is 17.2. The van der Waals surface area contributed by atoms with Gasteiger partial charge in [-0.1, -0.05) is 0 Å². The van der Waals surface area contributed by atoms with Crippen LogP contribution in [0, 0.1) is 7.14 Å². The highest BCUT2D eigenvalue weighted by molar-refractivity contribution is 14.1. The van der Waals surface area contributed by atoms with Crippen molar-refractivity contribution in [2.24, 2.45) is 0 Å². The summed E-state index contributed by atoms with van der Waals surface area (Å²) < 4.78 is 12.0. The first kappa shape index (κ1) is 20.5. The molecule has 1 fully saturated rings. The van der Waals surface area contributed by atoms with Gasteiger partial charge in [0.25, 0.3) is 11.1 Å². The van der Waals surface area contributed by atoms with E-state index in [2.05, 4.69) is 45.2 Å². The van der Waals surface area contributed by atoms with Crippen molar-refractivity contribution < 1.29 is 23.9 Å². The van der Waals surface area contributed by atoms with Crippen molar-refractivity contribution in [1.29, 1.82) is 0 Å². The van der Waals surface area contributed by atoms with Crippen molar-refractivity contribution in [3.8, 4) is 5.75 Å². The van der Waals surface area contributed by atoms with E-state index in [1.165, 1.54) is 6.92 Å². The number of carbonyl (C=O) groups excluding carboxylic acids is 3. The molecule has 9 heteroatoms. The lowest BCUT2D eigenvalue weighted by molar-refractivity contribution is -0.150. The highest BCUT2D eigenvalue weighted by Crippen LogP contribution is 2.35. The molecule has 1 heterocycles. The van der Waals surface area contributed by atoms with E-state index in [1.54, 1.807) is 20.1 Å². The number of hydrogen-bond acceptors (Lipinski definition) is 6. The zero-order valence-electron chi connectivity index (χ0n) is 13.7. The van der Waals surface area contributed by atoms with Gasteiger partial charge in [0.1, 0.15) is 11.8 Å². The number of carbonyl (C=O) groups is 3. The second kappa shape index (κ2) is 8.71. The number of rotatable bonds is 5. The molecule has 0 spiro atoms. The maximum Gasteiger partial charge on any atom is 0.329 e. The smallest absolute Gasteiger partial charge is 0.329 e. The van der Waals surface area contributed by atoms with Crippen molar-refractivity contribution in [3.63, 3.8) is 0 Å². The zero-order chi connectivity index (χ0) is 18.7. The topological polar surface area (TPSA) is 72.9 Å². The minimum absolute atomic E-state index is 0.192. The Morgan fingerprint density at radius 1 is 1.32 bits per heavy atom. The molecule has 0 unspecified atom stereocenters. The average molecular weight is 587 g/mol. The molecule has 25 heavy (non-hydrogen) atoms. The van der Waals surface area contributed by atoms with Crippen LogP contribution < -0.4 is 4.74 Å². The third-order valence-corrected chi connectivity index (χ3v) is 5.85. The molecule has 6 nitrogen and oxygen atoms in total. The van der Waals surface area contributed by atoms with Crippen LogP contribution in [0.2, 0.25) is 0 Å². The molecule has 1 aromatic rings. The Hall–Kier alpha value is -0.820. The van der Waals surface area contributed by atoms with Crippen LogP contribution in [-0.4, -0.2) is 41.8 Å². The summed E-state index contributed by atoms with van der Waals surface area (Å²) in [6.07, 6.45) is 1.65. The lowest BCUT2D eigenvalue weighted by Crippen LogP contribution is -2.42. The van der Waals surface area contributed by atoms with E-state index < -0.39 is 23.2 Å². The lowest BCUT2D eigenvalue weighted by atomic mass is 10.2. The quantitative estimate of drug-likeness (QED) is 0.296. The van der Waals surface area contributed by atoms with Crippen LogP contribution in [0.5, 0.6) is 5.75 Å². The first-order valence-electron chi connectivity index (χ1n) is 7.26. The third-order valence-electron chi connectivity index (χ3n) is 3.36. The van der Waals surface area contributed by atoms with Gasteiger partial charge in [-0.25, -0.2) is 4.79 Å². The summed E-state index contributed by atoms with van der Waals surface area (Å²) in [6.45, 7) is 3.35. The van der Waals surface area contributed by atoms with Gasteiger partial charge in [-0.05, 0) is 94.6 Å². The molecular formula is C16H15I2NO5S. The van der Waals surface area contributed by atoms with E-state index in [0.29, 0.717) is 0 Å². The number of esters is 1. The maximum atomic E-state index is 12.5. The van der Waals surface area contributed by atoms with Crippen LogP contribution in [-0.2, 0) is 14.3 Å². The summed E-state index contributed by atoms with van der Waals surface area (Å²) in [5.41, 5.74) is 0.781. The van der Waals surface area contributed by atoms with E-state index in [0.717, 1.165) is 35.1 Å². The van der Waals surface area contributed by atoms with E-state index >= 15 is 0 Å². The highest BCUT2D eigenvalue weighted by atomic mass is 127. The number of ether oxygens (including phenoxy) is 2. The summed E-state index contributed by atoms with van der Waals surface area (Å²) in [4.78, 5) is 37.8. The monoisotopic (exact) mass is 587 g/mol.